The molecule has 0 saturated heterocycles. The number of anilines is 1. The summed E-state index contributed by atoms with van der Waals surface area (Å²) in [5.41, 5.74) is 2.61. The average Bonchev–Trinajstić information content (AvgIpc) is 2.71. The third-order valence-electron chi connectivity index (χ3n) is 4.28. The highest BCUT2D eigenvalue weighted by atomic mass is 16.5. The zero-order valence-electron chi connectivity index (χ0n) is 18.2. The van der Waals surface area contributed by atoms with Crippen LogP contribution in [0.3, 0.4) is 0 Å². The van der Waals surface area contributed by atoms with Crippen LogP contribution in [0.25, 0.3) is 6.08 Å². The van der Waals surface area contributed by atoms with E-state index in [1.54, 1.807) is 31.4 Å². The Morgan fingerprint density at radius 2 is 1.73 bits per heavy atom. The first-order chi connectivity index (χ1) is 14.2. The van der Waals surface area contributed by atoms with Crippen molar-refractivity contribution in [2.45, 2.75) is 33.1 Å². The van der Waals surface area contributed by atoms with Gasteiger partial charge in [-0.2, -0.15) is 0 Å². The van der Waals surface area contributed by atoms with E-state index in [2.05, 4.69) is 26.1 Å². The molecule has 2 aromatic rings. The summed E-state index contributed by atoms with van der Waals surface area (Å²) in [6.07, 6.45) is 2.85. The first-order valence-corrected chi connectivity index (χ1v) is 9.79. The van der Waals surface area contributed by atoms with Crippen molar-refractivity contribution in [3.63, 3.8) is 0 Å². The number of methoxy groups -OCH3 is 1. The Morgan fingerprint density at radius 3 is 2.33 bits per heavy atom. The molecule has 0 radical (unpaired) electrons. The molecule has 160 valence electrons. The van der Waals surface area contributed by atoms with Crippen molar-refractivity contribution in [2.75, 3.05) is 25.6 Å². The Balaban J connectivity index is 1.86. The summed E-state index contributed by atoms with van der Waals surface area (Å²) in [6, 6.07) is 12.9. The Morgan fingerprint density at radius 1 is 1.03 bits per heavy atom. The highest BCUT2D eigenvalue weighted by molar-refractivity contribution is 5.94. The van der Waals surface area contributed by atoms with E-state index < -0.39 is 11.9 Å². The first-order valence-electron chi connectivity index (χ1n) is 9.79. The number of amides is 1. The predicted octanol–water partition coefficient (Wildman–Crippen LogP) is 4.59. The van der Waals surface area contributed by atoms with Crippen molar-refractivity contribution in [1.29, 1.82) is 0 Å². The Labute approximate surface area is 177 Å². The molecule has 1 N–H and O–H groups in total. The fourth-order valence-corrected chi connectivity index (χ4v) is 2.66. The molecule has 2 aromatic carbocycles. The lowest BCUT2D eigenvalue weighted by Gasteiger charge is -2.19. The van der Waals surface area contributed by atoms with Crippen LogP contribution < -0.4 is 14.8 Å². The number of hydrogen-bond acceptors (Lipinski definition) is 5. The molecule has 0 fully saturated rings. The second kappa shape index (κ2) is 10.5. The second-order valence-corrected chi connectivity index (χ2v) is 7.66. The van der Waals surface area contributed by atoms with E-state index in [-0.39, 0.29) is 12.0 Å². The number of ether oxygens (including phenoxy) is 3. The maximum Gasteiger partial charge on any atom is 0.331 e. The molecular weight excluding hydrogens is 382 g/mol. The number of carbonyl (C=O) groups excluding carboxylic acids is 2. The highest BCUT2D eigenvalue weighted by Crippen LogP contribution is 2.28. The molecule has 2 rings (SSSR count). The van der Waals surface area contributed by atoms with Crippen molar-refractivity contribution in [3.8, 4) is 11.5 Å². The zero-order chi connectivity index (χ0) is 22.1. The van der Waals surface area contributed by atoms with Gasteiger partial charge in [0.25, 0.3) is 5.91 Å². The standard InChI is InChI=1S/C24H29NO5/c1-6-29-20-13-7-17(15-21(20)28-5)8-14-23(27)30-16-22(26)25-19-11-9-18(10-12-19)24(2,3)4/h7-15H,6,16H2,1-5H3,(H,25,26)/b14-8+. The molecule has 6 nitrogen and oxygen atoms in total. The van der Waals surface area contributed by atoms with Crippen LogP contribution in [-0.4, -0.2) is 32.2 Å². The van der Waals surface area contributed by atoms with Crippen molar-refractivity contribution >= 4 is 23.6 Å². The summed E-state index contributed by atoms with van der Waals surface area (Å²) >= 11 is 0. The van der Waals surface area contributed by atoms with Gasteiger partial charge in [-0.05, 0) is 53.8 Å². The van der Waals surface area contributed by atoms with Crippen LogP contribution in [-0.2, 0) is 19.7 Å². The number of esters is 1. The molecule has 0 bridgehead atoms. The molecular formula is C24H29NO5. The molecule has 1 amide bonds. The fraction of sp³-hybridized carbons (Fsp3) is 0.333. The fourth-order valence-electron chi connectivity index (χ4n) is 2.66. The van der Waals surface area contributed by atoms with Crippen LogP contribution in [0, 0.1) is 0 Å². The van der Waals surface area contributed by atoms with Crippen molar-refractivity contribution in [2.24, 2.45) is 0 Å². The Hall–Kier alpha value is -3.28. The number of rotatable bonds is 8. The topological polar surface area (TPSA) is 73.9 Å². The van der Waals surface area contributed by atoms with E-state index in [1.165, 1.54) is 11.6 Å². The molecule has 0 aliphatic rings. The lowest BCUT2D eigenvalue weighted by atomic mass is 9.87. The monoisotopic (exact) mass is 411 g/mol. The van der Waals surface area contributed by atoms with Gasteiger partial charge in [0.1, 0.15) is 0 Å². The molecule has 30 heavy (non-hydrogen) atoms. The van der Waals surface area contributed by atoms with Crippen molar-refractivity contribution in [3.05, 3.63) is 59.7 Å². The van der Waals surface area contributed by atoms with Crippen LogP contribution in [0.4, 0.5) is 5.69 Å². The molecule has 0 unspecified atom stereocenters. The first kappa shape index (κ1) is 23.0. The Bertz CT molecular complexity index is 895. The van der Waals surface area contributed by atoms with Crippen LogP contribution in [0.2, 0.25) is 0 Å². The summed E-state index contributed by atoms with van der Waals surface area (Å²) in [7, 11) is 1.55. The molecule has 0 spiro atoms. The SMILES string of the molecule is CCOc1ccc(/C=C/C(=O)OCC(=O)Nc2ccc(C(C)(C)C)cc2)cc1OC. The number of carbonyl (C=O) groups is 2. The minimum absolute atomic E-state index is 0.0395. The molecule has 0 saturated carbocycles. The van der Waals surface area contributed by atoms with Crippen LogP contribution in [0.5, 0.6) is 11.5 Å². The van der Waals surface area contributed by atoms with Gasteiger partial charge in [-0.15, -0.1) is 0 Å². The predicted molar refractivity (Wildman–Crippen MR) is 118 cm³/mol. The quantitative estimate of drug-likeness (QED) is 0.508. The van der Waals surface area contributed by atoms with Crippen molar-refractivity contribution in [1.82, 2.24) is 0 Å². The van der Waals surface area contributed by atoms with Gasteiger partial charge in [0.05, 0.1) is 13.7 Å². The Kier molecular flexibility index (Phi) is 8.04. The lowest BCUT2D eigenvalue weighted by molar-refractivity contribution is -0.142. The summed E-state index contributed by atoms with van der Waals surface area (Å²) < 4.78 is 15.7. The molecule has 0 aromatic heterocycles. The minimum atomic E-state index is -0.610. The highest BCUT2D eigenvalue weighted by Gasteiger charge is 2.13. The van der Waals surface area contributed by atoms with Gasteiger partial charge in [0.2, 0.25) is 0 Å². The minimum Gasteiger partial charge on any atom is -0.493 e. The van der Waals surface area contributed by atoms with E-state index in [0.29, 0.717) is 23.8 Å². The average molecular weight is 411 g/mol. The van der Waals surface area contributed by atoms with E-state index in [1.807, 2.05) is 31.2 Å². The second-order valence-electron chi connectivity index (χ2n) is 7.66. The van der Waals surface area contributed by atoms with E-state index >= 15 is 0 Å². The van der Waals surface area contributed by atoms with Gasteiger partial charge in [0, 0.05) is 11.8 Å². The number of nitrogens with one attached hydrogen (secondary N) is 1. The smallest absolute Gasteiger partial charge is 0.331 e. The van der Waals surface area contributed by atoms with Gasteiger partial charge in [0.15, 0.2) is 18.1 Å². The van der Waals surface area contributed by atoms with E-state index in [9.17, 15) is 9.59 Å². The van der Waals surface area contributed by atoms with E-state index in [0.717, 1.165) is 5.56 Å². The summed E-state index contributed by atoms with van der Waals surface area (Å²) in [6.45, 7) is 8.42. The van der Waals surface area contributed by atoms with Gasteiger partial charge in [-0.3, -0.25) is 4.79 Å². The summed E-state index contributed by atoms with van der Waals surface area (Å²) in [5.74, 6) is 0.195. The largest absolute Gasteiger partial charge is 0.493 e. The number of benzene rings is 2. The molecule has 6 heteroatoms. The van der Waals surface area contributed by atoms with Crippen LogP contribution >= 0.6 is 0 Å². The van der Waals surface area contributed by atoms with Crippen LogP contribution in [0.15, 0.2) is 48.5 Å². The van der Waals surface area contributed by atoms with Crippen LogP contribution in [0.1, 0.15) is 38.8 Å². The summed E-state index contributed by atoms with van der Waals surface area (Å²) in [5, 5.41) is 2.71. The molecule has 0 aliphatic carbocycles. The normalized spacial score (nSPS) is 11.2. The maximum atomic E-state index is 12.0. The van der Waals surface area contributed by atoms with Gasteiger partial charge in [-0.25, -0.2) is 4.79 Å². The maximum absolute atomic E-state index is 12.0. The third kappa shape index (κ3) is 6.95. The third-order valence-corrected chi connectivity index (χ3v) is 4.28. The molecule has 0 aliphatic heterocycles. The van der Waals surface area contributed by atoms with E-state index in [4.69, 9.17) is 14.2 Å². The zero-order valence-corrected chi connectivity index (χ0v) is 18.2. The van der Waals surface area contributed by atoms with Crippen molar-refractivity contribution < 1.29 is 23.8 Å². The molecule has 0 heterocycles. The molecule has 0 atom stereocenters. The van der Waals surface area contributed by atoms with Gasteiger partial charge in [-0.1, -0.05) is 39.0 Å². The van der Waals surface area contributed by atoms with Gasteiger partial charge >= 0.3 is 5.97 Å². The number of hydrogen-bond donors (Lipinski definition) is 1. The lowest BCUT2D eigenvalue weighted by Crippen LogP contribution is -2.20. The van der Waals surface area contributed by atoms with Gasteiger partial charge < -0.3 is 19.5 Å². The summed E-state index contributed by atoms with van der Waals surface area (Å²) in [4.78, 5) is 23.9.